The van der Waals surface area contributed by atoms with Gasteiger partial charge < -0.3 is 4.57 Å². The lowest BCUT2D eigenvalue weighted by molar-refractivity contribution is -0.122. The van der Waals surface area contributed by atoms with Crippen LogP contribution < -0.4 is 10.2 Å². The van der Waals surface area contributed by atoms with Gasteiger partial charge in [0.15, 0.2) is 5.11 Å². The lowest BCUT2D eigenvalue weighted by Crippen LogP contribution is -2.54. The van der Waals surface area contributed by atoms with Gasteiger partial charge in [-0.05, 0) is 93.0 Å². The molecule has 5 nitrogen and oxygen atoms in total. The molecule has 4 rings (SSSR count). The highest BCUT2D eigenvalue weighted by Crippen LogP contribution is 2.29. The van der Waals surface area contributed by atoms with E-state index < -0.39 is 11.8 Å². The molecule has 168 valence electrons. The lowest BCUT2D eigenvalue weighted by atomic mass is 10.1. The summed E-state index contributed by atoms with van der Waals surface area (Å²) >= 11 is 17.8. The van der Waals surface area contributed by atoms with E-state index in [0.717, 1.165) is 33.8 Å². The fourth-order valence-electron chi connectivity index (χ4n) is 3.90. The van der Waals surface area contributed by atoms with Crippen molar-refractivity contribution < 1.29 is 9.59 Å². The number of halogens is 2. The van der Waals surface area contributed by atoms with Crippen LogP contribution in [-0.4, -0.2) is 21.5 Å². The van der Waals surface area contributed by atoms with Gasteiger partial charge in [0, 0.05) is 27.1 Å². The van der Waals surface area contributed by atoms with Gasteiger partial charge in [-0.1, -0.05) is 35.3 Å². The van der Waals surface area contributed by atoms with Gasteiger partial charge in [0.05, 0.1) is 5.69 Å². The van der Waals surface area contributed by atoms with Crippen molar-refractivity contribution in [2.75, 3.05) is 4.90 Å². The number of anilines is 1. The van der Waals surface area contributed by atoms with Crippen molar-refractivity contribution in [3.63, 3.8) is 0 Å². The van der Waals surface area contributed by atoms with Crippen LogP contribution in [0.1, 0.15) is 28.1 Å². The standard InChI is InChI=1S/C25H21Cl2N3O2S/c1-13-6-8-19(12-21(13)27)30-24(32)20(23(31)28-25(30)33)10-17-9-15(3)29(16(17)4)22-11-18(26)7-5-14(22)2/h5-12H,1-4H3,(H,28,31,33)/b20-10+. The molecule has 1 fully saturated rings. The molecule has 0 aliphatic carbocycles. The van der Waals surface area contributed by atoms with Crippen LogP contribution in [0.25, 0.3) is 11.8 Å². The molecule has 1 N–H and O–H groups in total. The average molecular weight is 498 g/mol. The highest BCUT2D eigenvalue weighted by atomic mass is 35.5. The molecular weight excluding hydrogens is 477 g/mol. The fourth-order valence-corrected chi connectivity index (χ4v) is 4.52. The maximum absolute atomic E-state index is 13.4. The second-order valence-corrected chi connectivity index (χ2v) is 9.21. The minimum atomic E-state index is -0.539. The zero-order valence-corrected chi connectivity index (χ0v) is 20.8. The molecule has 0 bridgehead atoms. The summed E-state index contributed by atoms with van der Waals surface area (Å²) in [4.78, 5) is 27.4. The third-order valence-corrected chi connectivity index (χ3v) is 6.62. The Kier molecular flexibility index (Phi) is 6.18. The zero-order chi connectivity index (χ0) is 24.0. The number of rotatable bonds is 3. The molecule has 33 heavy (non-hydrogen) atoms. The molecule has 0 atom stereocenters. The quantitative estimate of drug-likeness (QED) is 0.280. The van der Waals surface area contributed by atoms with Crippen molar-refractivity contribution in [1.29, 1.82) is 0 Å². The molecule has 1 aliphatic heterocycles. The maximum Gasteiger partial charge on any atom is 0.270 e. The van der Waals surface area contributed by atoms with Gasteiger partial charge in [-0.15, -0.1) is 0 Å². The molecule has 1 aliphatic rings. The summed E-state index contributed by atoms with van der Waals surface area (Å²) in [6.07, 6.45) is 1.60. The summed E-state index contributed by atoms with van der Waals surface area (Å²) in [5, 5.41) is 3.77. The number of hydrogen-bond donors (Lipinski definition) is 1. The van der Waals surface area contributed by atoms with Crippen LogP contribution in [0, 0.1) is 27.7 Å². The van der Waals surface area contributed by atoms with Crippen molar-refractivity contribution in [3.8, 4) is 5.69 Å². The Morgan fingerprint density at radius 3 is 2.33 bits per heavy atom. The second kappa shape index (κ2) is 8.78. The molecular formula is C25H21Cl2N3O2S. The predicted octanol–water partition coefficient (Wildman–Crippen LogP) is 5.85. The SMILES string of the molecule is Cc1ccc(N2C(=O)/C(=C/c3cc(C)n(-c4cc(Cl)ccc4C)c3C)C(=O)NC2=S)cc1Cl. The van der Waals surface area contributed by atoms with Crippen LogP contribution >= 0.6 is 35.4 Å². The zero-order valence-electron chi connectivity index (χ0n) is 18.5. The van der Waals surface area contributed by atoms with Crippen molar-refractivity contribution in [3.05, 3.63) is 86.2 Å². The van der Waals surface area contributed by atoms with Gasteiger partial charge in [-0.3, -0.25) is 19.8 Å². The first kappa shape index (κ1) is 23.2. The van der Waals surface area contributed by atoms with E-state index in [1.54, 1.807) is 24.3 Å². The molecule has 2 amide bonds. The average Bonchev–Trinajstić information content (AvgIpc) is 3.02. The lowest BCUT2D eigenvalue weighted by Gasteiger charge is -2.29. The Labute approximate surface area is 207 Å². The minimum Gasteiger partial charge on any atom is -0.318 e. The molecule has 0 unspecified atom stereocenters. The highest BCUT2D eigenvalue weighted by molar-refractivity contribution is 7.80. The van der Waals surface area contributed by atoms with E-state index in [1.165, 1.54) is 4.90 Å². The predicted molar refractivity (Wildman–Crippen MR) is 137 cm³/mol. The number of aryl methyl sites for hydroxylation is 3. The summed E-state index contributed by atoms with van der Waals surface area (Å²) in [5.41, 5.74) is 5.93. The molecule has 1 saturated heterocycles. The molecule has 0 radical (unpaired) electrons. The molecule has 2 aromatic carbocycles. The Bertz CT molecular complexity index is 1370. The van der Waals surface area contributed by atoms with Gasteiger partial charge in [-0.2, -0.15) is 0 Å². The molecule has 0 saturated carbocycles. The topological polar surface area (TPSA) is 54.3 Å². The van der Waals surface area contributed by atoms with E-state index in [4.69, 9.17) is 35.4 Å². The number of carbonyl (C=O) groups is 2. The van der Waals surface area contributed by atoms with Crippen molar-refractivity contribution >= 4 is 64.1 Å². The number of aromatic nitrogens is 1. The van der Waals surface area contributed by atoms with E-state index in [-0.39, 0.29) is 10.7 Å². The van der Waals surface area contributed by atoms with E-state index in [2.05, 4.69) is 9.88 Å². The minimum absolute atomic E-state index is 0.0108. The van der Waals surface area contributed by atoms with E-state index in [9.17, 15) is 9.59 Å². The first-order valence-corrected chi connectivity index (χ1v) is 11.4. The van der Waals surface area contributed by atoms with E-state index in [0.29, 0.717) is 15.7 Å². The molecule has 1 aromatic heterocycles. The second-order valence-electron chi connectivity index (χ2n) is 7.98. The van der Waals surface area contributed by atoms with Crippen LogP contribution in [0.5, 0.6) is 0 Å². The molecule has 3 aromatic rings. The normalized spacial score (nSPS) is 15.4. The monoisotopic (exact) mass is 497 g/mol. The summed E-state index contributed by atoms with van der Waals surface area (Å²) in [5.74, 6) is -1.05. The van der Waals surface area contributed by atoms with Crippen LogP contribution in [0.15, 0.2) is 48.0 Å². The number of hydrogen-bond acceptors (Lipinski definition) is 3. The number of amides is 2. The van der Waals surface area contributed by atoms with Gasteiger partial charge in [0.2, 0.25) is 0 Å². The Balaban J connectivity index is 1.79. The summed E-state index contributed by atoms with van der Waals surface area (Å²) < 4.78 is 2.06. The van der Waals surface area contributed by atoms with Crippen molar-refractivity contribution in [1.82, 2.24) is 9.88 Å². The number of carbonyl (C=O) groups excluding carboxylic acids is 2. The van der Waals surface area contributed by atoms with Gasteiger partial charge in [-0.25, -0.2) is 0 Å². The van der Waals surface area contributed by atoms with Crippen LogP contribution in [0.2, 0.25) is 10.0 Å². The van der Waals surface area contributed by atoms with Gasteiger partial charge >= 0.3 is 0 Å². The third-order valence-electron chi connectivity index (χ3n) is 5.70. The highest BCUT2D eigenvalue weighted by Gasteiger charge is 2.35. The summed E-state index contributed by atoms with van der Waals surface area (Å²) in [7, 11) is 0. The molecule has 8 heteroatoms. The number of thiocarbonyl (C=S) groups is 1. The Hall–Kier alpha value is -2.93. The smallest absolute Gasteiger partial charge is 0.270 e. The van der Waals surface area contributed by atoms with E-state index in [1.807, 2.05) is 52.0 Å². The Morgan fingerprint density at radius 2 is 1.64 bits per heavy atom. The first-order valence-electron chi connectivity index (χ1n) is 10.2. The fraction of sp³-hybridized carbons (Fsp3) is 0.160. The van der Waals surface area contributed by atoms with Gasteiger partial charge in [0.25, 0.3) is 11.8 Å². The maximum atomic E-state index is 13.4. The van der Waals surface area contributed by atoms with Crippen molar-refractivity contribution in [2.24, 2.45) is 0 Å². The van der Waals surface area contributed by atoms with E-state index >= 15 is 0 Å². The van der Waals surface area contributed by atoms with Gasteiger partial charge in [0.1, 0.15) is 5.57 Å². The van der Waals surface area contributed by atoms with Crippen LogP contribution in [0.3, 0.4) is 0 Å². The van der Waals surface area contributed by atoms with Crippen LogP contribution in [-0.2, 0) is 9.59 Å². The number of benzene rings is 2. The third kappa shape index (κ3) is 4.22. The Morgan fingerprint density at radius 1 is 0.939 bits per heavy atom. The molecule has 2 heterocycles. The van der Waals surface area contributed by atoms with Crippen LogP contribution in [0.4, 0.5) is 5.69 Å². The largest absolute Gasteiger partial charge is 0.318 e. The summed E-state index contributed by atoms with van der Waals surface area (Å²) in [6, 6.07) is 12.8. The van der Waals surface area contributed by atoms with Crippen molar-refractivity contribution in [2.45, 2.75) is 27.7 Å². The first-order chi connectivity index (χ1) is 15.6. The summed E-state index contributed by atoms with van der Waals surface area (Å²) in [6.45, 7) is 7.78. The number of nitrogens with one attached hydrogen (secondary N) is 1. The molecule has 0 spiro atoms. The number of nitrogens with zero attached hydrogens (tertiary/aromatic N) is 2.